The van der Waals surface area contributed by atoms with Crippen molar-refractivity contribution in [1.82, 2.24) is 5.32 Å². The lowest BCUT2D eigenvalue weighted by atomic mass is 10.0. The molecule has 0 aliphatic rings. The molecule has 0 aliphatic heterocycles. The number of methoxy groups -OCH3 is 2. The largest absolute Gasteiger partial charge is 0.497 e. The second kappa shape index (κ2) is 8.48. The lowest BCUT2D eigenvalue weighted by molar-refractivity contribution is -0.141. The summed E-state index contributed by atoms with van der Waals surface area (Å²) in [6.07, 6.45) is -0.110. The molecule has 0 radical (unpaired) electrons. The van der Waals surface area contributed by atoms with Crippen molar-refractivity contribution < 1.29 is 23.5 Å². The lowest BCUT2D eigenvalue weighted by Gasteiger charge is -2.19. The SMILES string of the molecule is COC(=O)CC(NC(=O)c1c(F)cccc1Cl)c1ccc(OC)cc1. The predicted octanol–water partition coefficient (Wildman–Crippen LogP) is 3.52. The van der Waals surface area contributed by atoms with Crippen LogP contribution in [0.2, 0.25) is 5.02 Å². The van der Waals surface area contributed by atoms with Crippen LogP contribution in [-0.4, -0.2) is 26.1 Å². The molecule has 0 heterocycles. The van der Waals surface area contributed by atoms with Gasteiger partial charge in [-0.25, -0.2) is 4.39 Å². The highest BCUT2D eigenvalue weighted by molar-refractivity contribution is 6.33. The van der Waals surface area contributed by atoms with Crippen LogP contribution in [0, 0.1) is 5.82 Å². The summed E-state index contributed by atoms with van der Waals surface area (Å²) in [5, 5.41) is 2.62. The van der Waals surface area contributed by atoms with E-state index in [9.17, 15) is 14.0 Å². The molecule has 0 spiro atoms. The highest BCUT2D eigenvalue weighted by atomic mass is 35.5. The Balaban J connectivity index is 2.29. The zero-order valence-electron chi connectivity index (χ0n) is 13.7. The topological polar surface area (TPSA) is 64.6 Å². The van der Waals surface area contributed by atoms with Crippen molar-refractivity contribution in [2.24, 2.45) is 0 Å². The number of rotatable bonds is 6. The normalized spacial score (nSPS) is 11.5. The highest BCUT2D eigenvalue weighted by Crippen LogP contribution is 2.24. The Hall–Kier alpha value is -2.60. The molecule has 0 fully saturated rings. The summed E-state index contributed by atoms with van der Waals surface area (Å²) in [5.41, 5.74) is 0.375. The molecule has 0 bridgehead atoms. The van der Waals surface area contributed by atoms with Crippen LogP contribution in [0.1, 0.15) is 28.4 Å². The third kappa shape index (κ3) is 4.70. The molecule has 5 nitrogen and oxygen atoms in total. The number of ether oxygens (including phenoxy) is 2. The average Bonchev–Trinajstić information content (AvgIpc) is 2.61. The summed E-state index contributed by atoms with van der Waals surface area (Å²) in [5.74, 6) is -1.34. The number of benzene rings is 2. The first-order valence-electron chi connectivity index (χ1n) is 7.42. The molecule has 2 rings (SSSR count). The minimum Gasteiger partial charge on any atom is -0.497 e. The van der Waals surface area contributed by atoms with Gasteiger partial charge in [0, 0.05) is 0 Å². The molecule has 25 heavy (non-hydrogen) atoms. The molecule has 7 heteroatoms. The van der Waals surface area contributed by atoms with Crippen molar-refractivity contribution >= 4 is 23.5 Å². The summed E-state index contributed by atoms with van der Waals surface area (Å²) in [7, 11) is 2.78. The van der Waals surface area contributed by atoms with Crippen LogP contribution in [0.15, 0.2) is 42.5 Å². The fraction of sp³-hybridized carbons (Fsp3) is 0.222. The first-order valence-corrected chi connectivity index (χ1v) is 7.79. The molecule has 1 unspecified atom stereocenters. The van der Waals surface area contributed by atoms with E-state index in [4.69, 9.17) is 16.3 Å². The standard InChI is InChI=1S/C18H17ClFNO4/c1-24-12-8-6-11(7-9-12)15(10-16(22)25-2)21-18(23)17-13(19)4-3-5-14(17)20/h3-9,15H,10H2,1-2H3,(H,21,23). The number of hydrogen-bond donors (Lipinski definition) is 1. The van der Waals surface area contributed by atoms with Gasteiger partial charge in [0.15, 0.2) is 0 Å². The summed E-state index contributed by atoms with van der Waals surface area (Å²) >= 11 is 5.92. The first-order chi connectivity index (χ1) is 12.0. The van der Waals surface area contributed by atoms with Gasteiger partial charge < -0.3 is 14.8 Å². The van der Waals surface area contributed by atoms with Crippen LogP contribution >= 0.6 is 11.6 Å². The molecule has 0 aliphatic carbocycles. The van der Waals surface area contributed by atoms with Crippen LogP contribution in [0.25, 0.3) is 0 Å². The summed E-state index contributed by atoms with van der Waals surface area (Å²) < 4.78 is 23.7. The van der Waals surface area contributed by atoms with Gasteiger partial charge in [-0.2, -0.15) is 0 Å². The van der Waals surface area contributed by atoms with Gasteiger partial charge in [0.1, 0.15) is 11.6 Å². The number of carbonyl (C=O) groups is 2. The van der Waals surface area contributed by atoms with E-state index in [0.29, 0.717) is 11.3 Å². The highest BCUT2D eigenvalue weighted by Gasteiger charge is 2.23. The summed E-state index contributed by atoms with van der Waals surface area (Å²) in [6, 6.07) is 10.1. The maximum Gasteiger partial charge on any atom is 0.307 e. The molecule has 1 atom stereocenters. The third-order valence-corrected chi connectivity index (χ3v) is 3.93. The maximum atomic E-state index is 13.9. The van der Waals surface area contributed by atoms with Gasteiger partial charge in [0.2, 0.25) is 0 Å². The lowest BCUT2D eigenvalue weighted by Crippen LogP contribution is -2.31. The number of amides is 1. The van der Waals surface area contributed by atoms with Crippen molar-refractivity contribution in [3.8, 4) is 5.75 Å². The van der Waals surface area contributed by atoms with Gasteiger partial charge in [-0.1, -0.05) is 29.8 Å². The van der Waals surface area contributed by atoms with Crippen molar-refractivity contribution in [1.29, 1.82) is 0 Å². The molecular weight excluding hydrogens is 349 g/mol. The fourth-order valence-corrected chi connectivity index (χ4v) is 2.53. The van der Waals surface area contributed by atoms with E-state index in [1.807, 2.05) is 0 Å². The minimum atomic E-state index is -0.739. The predicted molar refractivity (Wildman–Crippen MR) is 91.2 cm³/mol. The average molecular weight is 366 g/mol. The summed E-state index contributed by atoms with van der Waals surface area (Å²) in [4.78, 5) is 24.1. The van der Waals surface area contributed by atoms with Crippen LogP contribution in [0.5, 0.6) is 5.75 Å². The number of halogens is 2. The first kappa shape index (κ1) is 18.7. The maximum absolute atomic E-state index is 13.9. The molecule has 1 amide bonds. The molecular formula is C18H17ClFNO4. The van der Waals surface area contributed by atoms with E-state index in [-0.39, 0.29) is 17.0 Å². The third-order valence-electron chi connectivity index (χ3n) is 3.61. The molecule has 0 saturated carbocycles. The van der Waals surface area contributed by atoms with E-state index < -0.39 is 23.7 Å². The van der Waals surface area contributed by atoms with Gasteiger partial charge in [0.05, 0.1) is 37.3 Å². The molecule has 0 aromatic heterocycles. The van der Waals surface area contributed by atoms with Crippen molar-refractivity contribution in [3.63, 3.8) is 0 Å². The van der Waals surface area contributed by atoms with Crippen molar-refractivity contribution in [3.05, 3.63) is 64.4 Å². The minimum absolute atomic E-state index is 0.0101. The van der Waals surface area contributed by atoms with E-state index in [0.717, 1.165) is 6.07 Å². The van der Waals surface area contributed by atoms with Gasteiger partial charge in [0.25, 0.3) is 5.91 Å². The monoisotopic (exact) mass is 365 g/mol. The zero-order valence-corrected chi connectivity index (χ0v) is 14.5. The molecule has 2 aromatic rings. The van der Waals surface area contributed by atoms with E-state index >= 15 is 0 Å². The number of carbonyl (C=O) groups excluding carboxylic acids is 2. The van der Waals surface area contributed by atoms with Crippen molar-refractivity contribution in [2.75, 3.05) is 14.2 Å². The Bertz CT molecular complexity index is 744. The molecule has 0 saturated heterocycles. The van der Waals surface area contributed by atoms with Gasteiger partial charge in [-0.3, -0.25) is 9.59 Å². The van der Waals surface area contributed by atoms with Crippen LogP contribution in [-0.2, 0) is 9.53 Å². The Labute approximate surface area is 149 Å². The van der Waals surface area contributed by atoms with Gasteiger partial charge >= 0.3 is 5.97 Å². The van der Waals surface area contributed by atoms with Crippen LogP contribution in [0.3, 0.4) is 0 Å². The second-order valence-corrected chi connectivity index (χ2v) is 5.58. The molecule has 1 N–H and O–H groups in total. The van der Waals surface area contributed by atoms with E-state index in [1.54, 1.807) is 24.3 Å². The number of nitrogens with one attached hydrogen (secondary N) is 1. The fourth-order valence-electron chi connectivity index (χ4n) is 2.28. The summed E-state index contributed by atoms with van der Waals surface area (Å²) in [6.45, 7) is 0. The smallest absolute Gasteiger partial charge is 0.307 e. The molecule has 2 aromatic carbocycles. The van der Waals surface area contributed by atoms with Gasteiger partial charge in [-0.15, -0.1) is 0 Å². The van der Waals surface area contributed by atoms with E-state index in [2.05, 4.69) is 10.1 Å². The Morgan fingerprint density at radius 2 is 1.84 bits per heavy atom. The second-order valence-electron chi connectivity index (χ2n) is 5.18. The number of esters is 1. The Morgan fingerprint density at radius 3 is 2.40 bits per heavy atom. The quantitative estimate of drug-likeness (QED) is 0.795. The Morgan fingerprint density at radius 1 is 1.16 bits per heavy atom. The molecule has 132 valence electrons. The Kier molecular flexibility index (Phi) is 6.36. The van der Waals surface area contributed by atoms with Crippen molar-refractivity contribution in [2.45, 2.75) is 12.5 Å². The zero-order chi connectivity index (χ0) is 18.4. The van der Waals surface area contributed by atoms with E-state index in [1.165, 1.54) is 26.4 Å². The van der Waals surface area contributed by atoms with Crippen LogP contribution < -0.4 is 10.1 Å². The van der Waals surface area contributed by atoms with Gasteiger partial charge in [-0.05, 0) is 29.8 Å². The van der Waals surface area contributed by atoms with Crippen LogP contribution in [0.4, 0.5) is 4.39 Å². The number of hydrogen-bond acceptors (Lipinski definition) is 4.